The normalized spacial score (nSPS) is 25.7. The van der Waals surface area contributed by atoms with Gasteiger partial charge in [-0.3, -0.25) is 14.5 Å². The summed E-state index contributed by atoms with van der Waals surface area (Å²) in [6, 6.07) is 8.94. The molecule has 3 saturated heterocycles. The van der Waals surface area contributed by atoms with Crippen molar-refractivity contribution < 1.29 is 24.0 Å². The summed E-state index contributed by atoms with van der Waals surface area (Å²) in [4.78, 5) is 38.1. The molecule has 3 amide bonds. The molecule has 27 heavy (non-hydrogen) atoms. The average molecular weight is 375 g/mol. The molecule has 0 aliphatic carbocycles. The molecule has 146 valence electrons. The number of benzene rings is 1. The molecule has 2 atom stereocenters. The lowest BCUT2D eigenvalue weighted by Crippen LogP contribution is -2.50. The Balaban J connectivity index is 1.31. The first kappa shape index (κ1) is 18.2. The Hall–Kier alpha value is -2.16. The lowest BCUT2D eigenvalue weighted by Gasteiger charge is -2.30. The number of nitrogens with one attached hydrogen (secondary N) is 1. The van der Waals surface area contributed by atoms with Crippen LogP contribution in [-0.2, 0) is 25.8 Å². The van der Waals surface area contributed by atoms with Crippen molar-refractivity contribution in [2.75, 3.05) is 19.8 Å². The molecule has 3 aliphatic heterocycles. The molecule has 1 aromatic rings. The van der Waals surface area contributed by atoms with Crippen molar-refractivity contribution in [2.24, 2.45) is 0 Å². The van der Waals surface area contributed by atoms with E-state index in [9.17, 15) is 9.59 Å². The minimum atomic E-state index is -0.515. The predicted octanol–water partition coefficient (Wildman–Crippen LogP) is 1.61. The Morgan fingerprint density at radius 3 is 2.70 bits per heavy atom. The summed E-state index contributed by atoms with van der Waals surface area (Å²) >= 11 is 0. The minimum Gasteiger partial charge on any atom is -0.381 e. The van der Waals surface area contributed by atoms with E-state index in [4.69, 9.17) is 14.4 Å². The van der Waals surface area contributed by atoms with Gasteiger partial charge < -0.3 is 9.64 Å². The molecule has 2 bridgehead atoms. The minimum absolute atomic E-state index is 0.0123. The van der Waals surface area contributed by atoms with Crippen LogP contribution in [0.15, 0.2) is 30.3 Å². The van der Waals surface area contributed by atoms with Crippen LogP contribution in [-0.4, -0.2) is 59.8 Å². The number of hydrogen-bond donors (Lipinski definition) is 1. The highest BCUT2D eigenvalue weighted by Crippen LogP contribution is 2.30. The fourth-order valence-electron chi connectivity index (χ4n) is 3.79. The van der Waals surface area contributed by atoms with Gasteiger partial charge in [0.1, 0.15) is 12.6 Å². The van der Waals surface area contributed by atoms with Gasteiger partial charge in [0.2, 0.25) is 0 Å². The summed E-state index contributed by atoms with van der Waals surface area (Å²) < 4.78 is 5.28. The van der Waals surface area contributed by atoms with Gasteiger partial charge in [-0.05, 0) is 31.2 Å². The Morgan fingerprint density at radius 1 is 1.15 bits per heavy atom. The fourth-order valence-corrected chi connectivity index (χ4v) is 3.79. The molecular weight excluding hydrogens is 350 g/mol. The highest BCUT2D eigenvalue weighted by molar-refractivity contribution is 5.88. The number of amides is 3. The maximum atomic E-state index is 12.7. The second-order valence-corrected chi connectivity index (χ2v) is 7.16. The number of hydrogen-bond acceptors (Lipinski definition) is 5. The number of nitrogens with zero attached hydrogens (tertiary/aromatic N) is 2. The smallest absolute Gasteiger partial charge is 0.345 e. The number of carbonyl (C=O) groups is 2. The Bertz CT molecular complexity index is 665. The van der Waals surface area contributed by atoms with Gasteiger partial charge in [-0.15, -0.1) is 0 Å². The number of rotatable bonds is 6. The molecule has 0 saturated carbocycles. The fraction of sp³-hybridized carbons (Fsp3) is 0.579. The number of urea groups is 1. The Morgan fingerprint density at radius 2 is 1.93 bits per heavy atom. The lowest BCUT2D eigenvalue weighted by atomic mass is 10.0. The molecule has 8 nitrogen and oxygen atoms in total. The van der Waals surface area contributed by atoms with Crippen LogP contribution in [0.3, 0.4) is 0 Å². The molecule has 0 aromatic heterocycles. The van der Waals surface area contributed by atoms with Gasteiger partial charge in [0.05, 0.1) is 12.1 Å². The second kappa shape index (κ2) is 8.24. The molecule has 8 heteroatoms. The zero-order chi connectivity index (χ0) is 18.6. The van der Waals surface area contributed by atoms with Gasteiger partial charge in [-0.2, -0.15) is 5.06 Å². The van der Waals surface area contributed by atoms with E-state index in [-0.39, 0.29) is 24.1 Å². The van der Waals surface area contributed by atoms with E-state index < -0.39 is 6.04 Å². The van der Waals surface area contributed by atoms with E-state index in [1.54, 1.807) is 4.90 Å². The average Bonchev–Trinajstić information content (AvgIpc) is 2.96. The van der Waals surface area contributed by atoms with E-state index >= 15 is 0 Å². The summed E-state index contributed by atoms with van der Waals surface area (Å²) in [7, 11) is 0. The highest BCUT2D eigenvalue weighted by Gasteiger charge is 2.48. The van der Waals surface area contributed by atoms with Crippen LogP contribution in [0.4, 0.5) is 4.79 Å². The van der Waals surface area contributed by atoms with Gasteiger partial charge >= 0.3 is 6.03 Å². The van der Waals surface area contributed by atoms with Crippen molar-refractivity contribution in [3.8, 4) is 0 Å². The van der Waals surface area contributed by atoms with Crippen molar-refractivity contribution in [3.05, 3.63) is 35.9 Å². The number of piperidine rings is 1. The van der Waals surface area contributed by atoms with E-state index in [0.717, 1.165) is 24.8 Å². The molecular formula is C19H25N3O5. The zero-order valence-electron chi connectivity index (χ0n) is 15.2. The van der Waals surface area contributed by atoms with Crippen LogP contribution in [0.1, 0.15) is 31.2 Å². The van der Waals surface area contributed by atoms with Crippen LogP contribution in [0.5, 0.6) is 0 Å². The predicted molar refractivity (Wildman–Crippen MR) is 95.1 cm³/mol. The van der Waals surface area contributed by atoms with Gasteiger partial charge in [-0.1, -0.05) is 30.3 Å². The standard InChI is InChI=1S/C19H25N3O5/c23-18(20-27-16-8-10-25-11-9-16)17-7-6-15-12-21(17)19(24)22(15)26-13-14-4-2-1-3-5-14/h1-5,15-17H,6-13H2,(H,20,23)/t15-,17+/m1/s1. The lowest BCUT2D eigenvalue weighted by molar-refractivity contribution is -0.148. The first-order valence-corrected chi connectivity index (χ1v) is 9.52. The monoisotopic (exact) mass is 375 g/mol. The first-order chi connectivity index (χ1) is 13.2. The van der Waals surface area contributed by atoms with Crippen molar-refractivity contribution in [1.82, 2.24) is 15.4 Å². The molecule has 0 spiro atoms. The molecule has 0 unspecified atom stereocenters. The molecule has 4 rings (SSSR count). The van der Waals surface area contributed by atoms with E-state index in [1.165, 1.54) is 5.06 Å². The Labute approximate surface area is 158 Å². The first-order valence-electron chi connectivity index (χ1n) is 9.52. The summed E-state index contributed by atoms with van der Waals surface area (Å²) in [5.74, 6) is -0.266. The van der Waals surface area contributed by atoms with E-state index in [1.807, 2.05) is 30.3 Å². The van der Waals surface area contributed by atoms with E-state index in [0.29, 0.717) is 32.8 Å². The van der Waals surface area contributed by atoms with Crippen LogP contribution < -0.4 is 5.48 Å². The molecule has 1 N–H and O–H groups in total. The maximum Gasteiger partial charge on any atom is 0.345 e. The van der Waals surface area contributed by atoms with Gasteiger partial charge in [0.15, 0.2) is 0 Å². The molecule has 3 heterocycles. The number of hydroxylamine groups is 3. The molecule has 0 radical (unpaired) electrons. The van der Waals surface area contributed by atoms with Gasteiger partial charge in [0, 0.05) is 19.8 Å². The zero-order valence-corrected chi connectivity index (χ0v) is 15.2. The highest BCUT2D eigenvalue weighted by atomic mass is 16.7. The van der Waals surface area contributed by atoms with Crippen molar-refractivity contribution in [2.45, 2.75) is 50.5 Å². The third-order valence-corrected chi connectivity index (χ3v) is 5.33. The maximum absolute atomic E-state index is 12.7. The number of fused-ring (bicyclic) bond motifs is 2. The van der Waals surface area contributed by atoms with Crippen LogP contribution >= 0.6 is 0 Å². The Kier molecular flexibility index (Phi) is 5.56. The van der Waals surface area contributed by atoms with Crippen LogP contribution in [0, 0.1) is 0 Å². The number of ether oxygens (including phenoxy) is 1. The molecule has 1 aromatic carbocycles. The van der Waals surface area contributed by atoms with Crippen LogP contribution in [0.2, 0.25) is 0 Å². The molecule has 3 fully saturated rings. The SMILES string of the molecule is O=C(NOC1CCOCC1)[C@@H]1CC[C@@H]2CN1C(=O)N2OCc1ccccc1. The summed E-state index contributed by atoms with van der Waals surface area (Å²) in [6.07, 6.45) is 2.82. The van der Waals surface area contributed by atoms with Crippen LogP contribution in [0.25, 0.3) is 0 Å². The van der Waals surface area contributed by atoms with E-state index in [2.05, 4.69) is 5.48 Å². The van der Waals surface area contributed by atoms with Gasteiger partial charge in [-0.25, -0.2) is 10.3 Å². The quantitative estimate of drug-likeness (QED) is 0.764. The summed E-state index contributed by atoms with van der Waals surface area (Å²) in [5, 5.41) is 1.43. The summed E-state index contributed by atoms with van der Waals surface area (Å²) in [6.45, 7) is 2.12. The topological polar surface area (TPSA) is 80.3 Å². The van der Waals surface area contributed by atoms with Crippen molar-refractivity contribution in [3.63, 3.8) is 0 Å². The molecule has 3 aliphatic rings. The van der Waals surface area contributed by atoms with Gasteiger partial charge in [0.25, 0.3) is 5.91 Å². The van der Waals surface area contributed by atoms with Crippen molar-refractivity contribution in [1.29, 1.82) is 0 Å². The number of carbonyl (C=O) groups excluding carboxylic acids is 2. The third-order valence-electron chi connectivity index (χ3n) is 5.33. The second-order valence-electron chi connectivity index (χ2n) is 7.16. The third kappa shape index (κ3) is 4.07. The van der Waals surface area contributed by atoms with Crippen molar-refractivity contribution >= 4 is 11.9 Å². The largest absolute Gasteiger partial charge is 0.381 e. The summed E-state index contributed by atoms with van der Waals surface area (Å²) in [5.41, 5.74) is 3.55.